The van der Waals surface area contributed by atoms with Crippen LogP contribution in [-0.4, -0.2) is 43.1 Å². The summed E-state index contributed by atoms with van der Waals surface area (Å²) in [5, 5.41) is 4.03. The van der Waals surface area contributed by atoms with Crippen LogP contribution in [0.2, 0.25) is 0 Å². The zero-order valence-corrected chi connectivity index (χ0v) is 16.7. The molecular weight excluding hydrogens is 384 g/mol. The van der Waals surface area contributed by atoms with E-state index in [-0.39, 0.29) is 16.7 Å². The first-order chi connectivity index (χ1) is 12.8. The molecule has 2 aliphatic heterocycles. The Labute approximate surface area is 162 Å². The number of hydrogen-bond donors (Lipinski definition) is 1. The molecule has 1 saturated heterocycles. The van der Waals surface area contributed by atoms with Gasteiger partial charge in [-0.3, -0.25) is 4.79 Å². The third-order valence-electron chi connectivity index (χ3n) is 4.84. The quantitative estimate of drug-likeness (QED) is 0.831. The first kappa shape index (κ1) is 18.1. The average molecular weight is 405 g/mol. The van der Waals surface area contributed by atoms with Gasteiger partial charge in [0.05, 0.1) is 16.4 Å². The van der Waals surface area contributed by atoms with Crippen LogP contribution in [-0.2, 0) is 10.0 Å². The molecule has 9 heteroatoms. The lowest BCUT2D eigenvalue weighted by molar-refractivity contribution is 0.0707. The molecule has 1 aromatic carbocycles. The van der Waals surface area contributed by atoms with Crippen molar-refractivity contribution in [3.8, 4) is 0 Å². The molecule has 0 saturated carbocycles. The van der Waals surface area contributed by atoms with Crippen LogP contribution < -0.4 is 5.32 Å². The van der Waals surface area contributed by atoms with E-state index in [1.807, 2.05) is 13.8 Å². The van der Waals surface area contributed by atoms with Gasteiger partial charge in [0.25, 0.3) is 15.9 Å². The van der Waals surface area contributed by atoms with Crippen LogP contribution in [0.4, 0.5) is 5.69 Å². The Balaban J connectivity index is 1.58. The van der Waals surface area contributed by atoms with Gasteiger partial charge in [-0.15, -0.1) is 15.7 Å². The molecule has 3 heterocycles. The molecule has 1 N–H and O–H groups in total. The van der Waals surface area contributed by atoms with Crippen LogP contribution in [0.15, 0.2) is 33.6 Å². The van der Waals surface area contributed by atoms with Gasteiger partial charge >= 0.3 is 0 Å². The highest BCUT2D eigenvalue weighted by molar-refractivity contribution is 7.90. The minimum Gasteiger partial charge on any atom is -0.342 e. The standard InChI is InChI=1S/C18H20N4O3S2/c1-11-16(26-12(2)19-11)18(23)22-9-5-6-13(10-22)17-20-14-7-3-4-8-15(14)27(24,25)21-17/h3-4,7-8,13H,5-6,9-10H2,1-2H3,(H,20,21). The maximum absolute atomic E-state index is 12.9. The molecule has 0 bridgehead atoms. The number of anilines is 1. The number of nitrogens with one attached hydrogen (secondary N) is 1. The van der Waals surface area contributed by atoms with E-state index in [4.69, 9.17) is 0 Å². The number of likely N-dealkylation sites (tertiary alicyclic amines) is 1. The van der Waals surface area contributed by atoms with E-state index in [0.29, 0.717) is 29.5 Å². The molecule has 0 aliphatic carbocycles. The molecule has 4 rings (SSSR count). The zero-order valence-electron chi connectivity index (χ0n) is 15.1. The number of carbonyl (C=O) groups excluding carboxylic acids is 1. The monoisotopic (exact) mass is 404 g/mol. The summed E-state index contributed by atoms with van der Waals surface area (Å²) in [6.07, 6.45) is 1.59. The Morgan fingerprint density at radius 2 is 2.07 bits per heavy atom. The molecule has 1 atom stereocenters. The molecule has 7 nitrogen and oxygen atoms in total. The number of aryl methyl sites for hydroxylation is 2. The van der Waals surface area contributed by atoms with E-state index in [2.05, 4.69) is 14.7 Å². The molecule has 142 valence electrons. The average Bonchev–Trinajstić information content (AvgIpc) is 2.99. The highest BCUT2D eigenvalue weighted by Gasteiger charge is 2.33. The summed E-state index contributed by atoms with van der Waals surface area (Å²) in [4.78, 5) is 19.9. The summed E-state index contributed by atoms with van der Waals surface area (Å²) < 4.78 is 29.0. The minimum absolute atomic E-state index is 0.0394. The van der Waals surface area contributed by atoms with Crippen LogP contribution in [0, 0.1) is 19.8 Å². The van der Waals surface area contributed by atoms with Crippen molar-refractivity contribution in [3.05, 3.63) is 39.8 Å². The van der Waals surface area contributed by atoms with Crippen molar-refractivity contribution < 1.29 is 13.2 Å². The number of rotatable bonds is 2. The van der Waals surface area contributed by atoms with Crippen molar-refractivity contribution in [1.29, 1.82) is 0 Å². The molecule has 1 amide bonds. The van der Waals surface area contributed by atoms with E-state index in [1.165, 1.54) is 11.3 Å². The van der Waals surface area contributed by atoms with Gasteiger partial charge in [-0.2, -0.15) is 8.42 Å². The topological polar surface area (TPSA) is 91.7 Å². The first-order valence-corrected chi connectivity index (χ1v) is 11.0. The molecule has 2 aliphatic rings. The van der Waals surface area contributed by atoms with Crippen LogP contribution >= 0.6 is 11.3 Å². The number of nitrogens with zero attached hydrogens (tertiary/aromatic N) is 3. The minimum atomic E-state index is -3.72. The lowest BCUT2D eigenvalue weighted by Crippen LogP contribution is -2.44. The SMILES string of the molecule is Cc1nc(C)c(C(=O)N2CCCC(C3=NS(=O)(=O)c4ccccc4N3)C2)s1. The number of sulfonamides is 1. The van der Waals surface area contributed by atoms with Gasteiger partial charge in [0.15, 0.2) is 0 Å². The predicted octanol–water partition coefficient (Wildman–Crippen LogP) is 2.83. The molecule has 2 aromatic rings. The Bertz CT molecular complexity index is 1040. The second-order valence-electron chi connectivity index (χ2n) is 6.81. The fourth-order valence-electron chi connectivity index (χ4n) is 3.57. The number of para-hydroxylation sites is 1. The molecule has 0 radical (unpaired) electrons. The fraction of sp³-hybridized carbons (Fsp3) is 0.389. The van der Waals surface area contributed by atoms with Crippen molar-refractivity contribution >= 4 is 38.8 Å². The van der Waals surface area contributed by atoms with Gasteiger partial charge in [0, 0.05) is 19.0 Å². The van der Waals surface area contributed by atoms with E-state index >= 15 is 0 Å². The third-order valence-corrected chi connectivity index (χ3v) is 7.25. The molecule has 27 heavy (non-hydrogen) atoms. The zero-order chi connectivity index (χ0) is 19.2. The van der Waals surface area contributed by atoms with Gasteiger partial charge in [0.1, 0.15) is 15.6 Å². The molecular formula is C18H20N4O3S2. The lowest BCUT2D eigenvalue weighted by atomic mass is 9.96. The van der Waals surface area contributed by atoms with Crippen LogP contribution in [0.1, 0.15) is 33.2 Å². The van der Waals surface area contributed by atoms with E-state index < -0.39 is 10.0 Å². The normalized spacial score (nSPS) is 21.2. The van der Waals surface area contributed by atoms with Crippen LogP contribution in [0.5, 0.6) is 0 Å². The van der Waals surface area contributed by atoms with Crippen molar-refractivity contribution in [3.63, 3.8) is 0 Å². The summed E-state index contributed by atoms with van der Waals surface area (Å²) in [7, 11) is -3.72. The van der Waals surface area contributed by atoms with Gasteiger partial charge in [-0.25, -0.2) is 4.98 Å². The summed E-state index contributed by atoms with van der Waals surface area (Å²) in [5.74, 6) is 0.242. The molecule has 1 unspecified atom stereocenters. The van der Waals surface area contributed by atoms with Crippen molar-refractivity contribution in [2.75, 3.05) is 18.4 Å². The molecule has 1 aromatic heterocycles. The largest absolute Gasteiger partial charge is 0.342 e. The molecule has 0 spiro atoms. The van der Waals surface area contributed by atoms with E-state index in [1.54, 1.807) is 29.2 Å². The summed E-state index contributed by atoms with van der Waals surface area (Å²) >= 11 is 1.40. The maximum atomic E-state index is 12.9. The second-order valence-corrected chi connectivity index (χ2v) is 9.59. The number of fused-ring (bicyclic) bond motifs is 1. The highest BCUT2D eigenvalue weighted by Crippen LogP contribution is 2.31. The smallest absolute Gasteiger partial charge is 0.286 e. The van der Waals surface area contributed by atoms with E-state index in [0.717, 1.165) is 23.5 Å². The van der Waals surface area contributed by atoms with Crippen molar-refractivity contribution in [2.45, 2.75) is 31.6 Å². The van der Waals surface area contributed by atoms with Gasteiger partial charge in [-0.1, -0.05) is 12.1 Å². The highest BCUT2D eigenvalue weighted by atomic mass is 32.2. The summed E-state index contributed by atoms with van der Waals surface area (Å²) in [6, 6.07) is 6.75. The number of benzene rings is 1. The number of hydrogen-bond acceptors (Lipinski definition) is 6. The second kappa shape index (κ2) is 6.72. The summed E-state index contributed by atoms with van der Waals surface area (Å²) in [5.41, 5.74) is 1.29. The number of carbonyl (C=O) groups is 1. The predicted molar refractivity (Wildman–Crippen MR) is 105 cm³/mol. The Hall–Kier alpha value is -2.26. The third kappa shape index (κ3) is 3.37. The number of aromatic nitrogens is 1. The van der Waals surface area contributed by atoms with Gasteiger partial charge in [0.2, 0.25) is 0 Å². The fourth-order valence-corrected chi connectivity index (χ4v) is 5.66. The maximum Gasteiger partial charge on any atom is 0.286 e. The Morgan fingerprint density at radius 1 is 1.30 bits per heavy atom. The van der Waals surface area contributed by atoms with E-state index in [9.17, 15) is 13.2 Å². The number of thiazole rings is 1. The van der Waals surface area contributed by atoms with Crippen LogP contribution in [0.25, 0.3) is 0 Å². The number of amidine groups is 1. The number of amides is 1. The first-order valence-electron chi connectivity index (χ1n) is 8.79. The Morgan fingerprint density at radius 3 is 2.81 bits per heavy atom. The number of piperidine rings is 1. The van der Waals surface area contributed by atoms with Gasteiger partial charge < -0.3 is 10.2 Å². The van der Waals surface area contributed by atoms with Gasteiger partial charge in [-0.05, 0) is 38.8 Å². The lowest BCUT2D eigenvalue weighted by Gasteiger charge is -2.34. The summed E-state index contributed by atoms with van der Waals surface area (Å²) in [6.45, 7) is 4.83. The molecule has 1 fully saturated rings. The Kier molecular flexibility index (Phi) is 4.51. The van der Waals surface area contributed by atoms with Crippen LogP contribution in [0.3, 0.4) is 0 Å². The van der Waals surface area contributed by atoms with Crippen molar-refractivity contribution in [2.24, 2.45) is 10.3 Å². The van der Waals surface area contributed by atoms with Crippen molar-refractivity contribution in [1.82, 2.24) is 9.88 Å².